The van der Waals surface area contributed by atoms with E-state index in [9.17, 15) is 14.0 Å². The first-order valence-corrected chi connectivity index (χ1v) is 13.3. The maximum absolute atomic E-state index is 14.2. The lowest BCUT2D eigenvalue weighted by Crippen LogP contribution is -2.23. The fourth-order valence-corrected chi connectivity index (χ4v) is 4.81. The molecule has 42 heavy (non-hydrogen) atoms. The minimum absolute atomic E-state index is 0.223. The Bertz CT molecular complexity index is 1620. The van der Waals surface area contributed by atoms with Crippen LogP contribution in [0.3, 0.4) is 0 Å². The molecule has 0 saturated carbocycles. The van der Waals surface area contributed by atoms with Crippen LogP contribution in [0.5, 0.6) is 17.2 Å². The van der Waals surface area contributed by atoms with Crippen LogP contribution in [0, 0.1) is 5.82 Å². The zero-order chi connectivity index (χ0) is 30.8. The fourth-order valence-electron chi connectivity index (χ4n) is 4.61. The summed E-state index contributed by atoms with van der Waals surface area (Å²) in [6, 6.07) is 14.0. The monoisotopic (exact) mass is 594 g/mol. The van der Waals surface area contributed by atoms with Crippen molar-refractivity contribution in [3.63, 3.8) is 0 Å². The van der Waals surface area contributed by atoms with Crippen LogP contribution in [0.2, 0.25) is 5.02 Å². The molecule has 0 aliphatic heterocycles. The number of nitrogens with zero attached hydrogens (tertiary/aromatic N) is 2. The van der Waals surface area contributed by atoms with Gasteiger partial charge in [-0.2, -0.15) is 5.10 Å². The van der Waals surface area contributed by atoms with Gasteiger partial charge < -0.3 is 19.5 Å². The lowest BCUT2D eigenvalue weighted by molar-refractivity contribution is -0.115. The Balaban J connectivity index is 1.76. The zero-order valence-corrected chi connectivity index (χ0v) is 25.1. The van der Waals surface area contributed by atoms with Gasteiger partial charge in [-0.05, 0) is 36.4 Å². The summed E-state index contributed by atoms with van der Waals surface area (Å²) in [5.41, 5.74) is 2.14. The number of amides is 2. The Labute approximate surface area is 248 Å². The van der Waals surface area contributed by atoms with Crippen molar-refractivity contribution in [1.29, 1.82) is 0 Å². The molecule has 1 aromatic heterocycles. The number of carbonyl (C=O) groups is 2. The van der Waals surface area contributed by atoms with Crippen LogP contribution in [0.25, 0.3) is 11.3 Å². The third kappa shape index (κ3) is 6.03. The molecule has 0 fully saturated rings. The highest BCUT2D eigenvalue weighted by Crippen LogP contribution is 2.43. The summed E-state index contributed by atoms with van der Waals surface area (Å²) in [6.07, 6.45) is 0. The van der Waals surface area contributed by atoms with Crippen molar-refractivity contribution in [3.8, 4) is 28.5 Å². The van der Waals surface area contributed by atoms with E-state index in [0.29, 0.717) is 40.0 Å². The third-order valence-corrected chi connectivity index (χ3v) is 6.84. The minimum Gasteiger partial charge on any atom is -0.493 e. The van der Waals surface area contributed by atoms with Crippen LogP contribution in [-0.4, -0.2) is 43.3 Å². The van der Waals surface area contributed by atoms with Crippen molar-refractivity contribution in [2.24, 2.45) is 0 Å². The lowest BCUT2D eigenvalue weighted by atomic mass is 9.87. The number of ether oxygens (including phenoxy) is 3. The van der Waals surface area contributed by atoms with E-state index in [1.807, 2.05) is 20.8 Å². The number of methoxy groups -OCH3 is 3. The molecule has 0 bridgehead atoms. The van der Waals surface area contributed by atoms with Crippen molar-refractivity contribution < 1.29 is 28.2 Å². The van der Waals surface area contributed by atoms with Crippen molar-refractivity contribution >= 4 is 40.5 Å². The van der Waals surface area contributed by atoms with E-state index < -0.39 is 17.1 Å². The highest BCUT2D eigenvalue weighted by molar-refractivity contribution is 6.33. The highest BCUT2D eigenvalue weighted by Gasteiger charge is 2.30. The van der Waals surface area contributed by atoms with Crippen molar-refractivity contribution in [2.75, 3.05) is 31.5 Å². The molecule has 4 rings (SSSR count). The predicted octanol–water partition coefficient (Wildman–Crippen LogP) is 7.13. The molecule has 0 saturated heterocycles. The van der Waals surface area contributed by atoms with E-state index in [1.165, 1.54) is 51.4 Å². The molecule has 11 heteroatoms. The summed E-state index contributed by atoms with van der Waals surface area (Å²) < 4.78 is 30.5. The molecule has 3 aromatic carbocycles. The molecular weight excluding hydrogens is 563 g/mol. The quantitative estimate of drug-likeness (QED) is 0.225. The number of nitrogens with one attached hydrogen (secondary N) is 2. The predicted molar refractivity (Wildman–Crippen MR) is 161 cm³/mol. The number of benzene rings is 3. The minimum atomic E-state index is -0.509. The summed E-state index contributed by atoms with van der Waals surface area (Å²) in [4.78, 5) is 28.2. The second kappa shape index (κ2) is 12.1. The van der Waals surface area contributed by atoms with Gasteiger partial charge >= 0.3 is 0 Å². The third-order valence-electron chi connectivity index (χ3n) is 6.51. The number of aromatic amines is 1. The molecule has 0 unspecified atom stereocenters. The highest BCUT2D eigenvalue weighted by atomic mass is 35.5. The number of rotatable bonds is 8. The van der Waals surface area contributed by atoms with Crippen LogP contribution >= 0.6 is 11.6 Å². The number of hydrogen-bond donors (Lipinski definition) is 2. The van der Waals surface area contributed by atoms with Gasteiger partial charge in [0.1, 0.15) is 11.5 Å². The summed E-state index contributed by atoms with van der Waals surface area (Å²) in [6.45, 7) is 7.20. The molecule has 0 aliphatic rings. The maximum atomic E-state index is 14.2. The SMILES string of the molecule is COc1cc(N(C(C)=O)c2cccc(NC(=O)c3c(-c4cc(F)ccc4Cl)n[nH]c3C(C)(C)C)c2)cc(OC)c1OC. The molecule has 4 aromatic rings. The number of aromatic nitrogens is 2. The Morgan fingerprint density at radius 3 is 2.19 bits per heavy atom. The second-order valence-corrected chi connectivity index (χ2v) is 10.8. The first-order valence-electron chi connectivity index (χ1n) is 13.0. The van der Waals surface area contributed by atoms with E-state index in [0.717, 1.165) is 0 Å². The molecule has 220 valence electrons. The van der Waals surface area contributed by atoms with Crippen molar-refractivity contribution in [1.82, 2.24) is 10.2 Å². The first kappa shape index (κ1) is 30.4. The Kier molecular flexibility index (Phi) is 8.77. The average molecular weight is 595 g/mol. The Morgan fingerprint density at radius 1 is 0.952 bits per heavy atom. The van der Waals surface area contributed by atoms with Crippen LogP contribution in [0.1, 0.15) is 43.7 Å². The van der Waals surface area contributed by atoms with Gasteiger partial charge in [-0.25, -0.2) is 4.39 Å². The molecule has 0 atom stereocenters. The van der Waals surface area contributed by atoms with Gasteiger partial charge in [-0.1, -0.05) is 38.4 Å². The Morgan fingerprint density at radius 2 is 1.62 bits per heavy atom. The van der Waals surface area contributed by atoms with Gasteiger partial charge in [-0.15, -0.1) is 0 Å². The van der Waals surface area contributed by atoms with Gasteiger partial charge in [0.15, 0.2) is 11.5 Å². The number of anilines is 3. The standard InChI is InChI=1S/C31H32ClFN4O5/c1-17(38)37(21-15-24(40-5)28(42-7)25(16-21)41-6)20-10-8-9-19(14-20)34-30(39)26-27(35-36-29(26)31(2,3)4)22-13-18(33)11-12-23(22)32/h8-16H,1-7H3,(H,34,39)(H,35,36). The molecule has 1 heterocycles. The van der Waals surface area contributed by atoms with Crippen molar-refractivity contribution in [3.05, 3.63) is 76.7 Å². The summed E-state index contributed by atoms with van der Waals surface area (Å²) in [5, 5.41) is 10.5. The van der Waals surface area contributed by atoms with Crippen molar-refractivity contribution in [2.45, 2.75) is 33.1 Å². The summed E-state index contributed by atoms with van der Waals surface area (Å²) in [5.74, 6) is -0.146. The van der Waals surface area contributed by atoms with Crippen LogP contribution in [-0.2, 0) is 10.2 Å². The van der Waals surface area contributed by atoms with Crippen LogP contribution in [0.4, 0.5) is 21.5 Å². The molecular formula is C31H32ClFN4O5. The average Bonchev–Trinajstić information content (AvgIpc) is 3.40. The van der Waals surface area contributed by atoms with Crippen LogP contribution in [0.15, 0.2) is 54.6 Å². The summed E-state index contributed by atoms with van der Waals surface area (Å²) >= 11 is 6.38. The molecule has 0 aliphatic carbocycles. The topological polar surface area (TPSA) is 106 Å². The fraction of sp³-hybridized carbons (Fsp3) is 0.258. The Hall–Kier alpha value is -4.57. The van der Waals surface area contributed by atoms with Gasteiger partial charge in [0.05, 0.1) is 49.0 Å². The van der Waals surface area contributed by atoms with E-state index in [-0.39, 0.29) is 27.8 Å². The molecule has 2 amide bonds. The smallest absolute Gasteiger partial charge is 0.259 e. The van der Waals surface area contributed by atoms with E-state index in [2.05, 4.69) is 15.5 Å². The van der Waals surface area contributed by atoms with Gasteiger partial charge in [-0.3, -0.25) is 19.6 Å². The summed E-state index contributed by atoms with van der Waals surface area (Å²) in [7, 11) is 4.47. The molecule has 0 spiro atoms. The van der Waals surface area contributed by atoms with E-state index >= 15 is 0 Å². The first-order chi connectivity index (χ1) is 19.9. The number of halogens is 2. The largest absolute Gasteiger partial charge is 0.493 e. The lowest BCUT2D eigenvalue weighted by Gasteiger charge is -2.24. The normalized spacial score (nSPS) is 11.2. The van der Waals surface area contributed by atoms with E-state index in [4.69, 9.17) is 25.8 Å². The number of H-pyrrole nitrogens is 1. The second-order valence-electron chi connectivity index (χ2n) is 10.4. The molecule has 2 N–H and O–H groups in total. The van der Waals surface area contributed by atoms with Crippen LogP contribution < -0.4 is 24.4 Å². The van der Waals surface area contributed by atoms with Gasteiger partial charge in [0.25, 0.3) is 5.91 Å². The van der Waals surface area contributed by atoms with Gasteiger partial charge in [0, 0.05) is 35.7 Å². The molecule has 9 nitrogen and oxygen atoms in total. The van der Waals surface area contributed by atoms with Gasteiger partial charge in [0.2, 0.25) is 11.7 Å². The maximum Gasteiger partial charge on any atom is 0.259 e. The molecule has 0 radical (unpaired) electrons. The zero-order valence-electron chi connectivity index (χ0n) is 24.4. The number of hydrogen-bond acceptors (Lipinski definition) is 6. The number of carbonyl (C=O) groups excluding carboxylic acids is 2. The van der Waals surface area contributed by atoms with E-state index in [1.54, 1.807) is 36.4 Å².